The lowest BCUT2D eigenvalue weighted by atomic mass is 10.0. The van der Waals surface area contributed by atoms with Gasteiger partial charge in [0, 0.05) is 24.9 Å². The average molecular weight is 257 g/mol. The Bertz CT molecular complexity index is 512. The maximum absolute atomic E-state index is 4.48. The summed E-state index contributed by atoms with van der Waals surface area (Å²) in [5.74, 6) is 1.14. The van der Waals surface area contributed by atoms with E-state index < -0.39 is 0 Å². The van der Waals surface area contributed by atoms with Crippen molar-refractivity contribution in [3.05, 3.63) is 48.0 Å². The first kappa shape index (κ1) is 13.8. The zero-order chi connectivity index (χ0) is 13.7. The van der Waals surface area contributed by atoms with Crippen molar-refractivity contribution in [1.29, 1.82) is 0 Å². The summed E-state index contributed by atoms with van der Waals surface area (Å²) in [6, 6.07) is 8.96. The minimum atomic E-state index is 0.382. The first-order chi connectivity index (χ1) is 9.31. The molecule has 0 amide bonds. The second-order valence-electron chi connectivity index (χ2n) is 4.77. The molecule has 0 spiro atoms. The molecule has 0 aliphatic heterocycles. The van der Waals surface area contributed by atoms with Crippen LogP contribution in [0.2, 0.25) is 0 Å². The molecular weight excluding hydrogens is 234 g/mol. The molecule has 1 N–H and O–H groups in total. The van der Waals surface area contributed by atoms with Crippen LogP contribution in [0.3, 0.4) is 0 Å². The Hall–Kier alpha value is -1.61. The molecule has 3 nitrogen and oxygen atoms in total. The summed E-state index contributed by atoms with van der Waals surface area (Å²) < 4.78 is 2.22. The largest absolute Gasteiger partial charge is 0.313 e. The molecule has 1 atom stereocenters. The second kappa shape index (κ2) is 6.53. The minimum Gasteiger partial charge on any atom is -0.313 e. The van der Waals surface area contributed by atoms with Crippen molar-refractivity contribution in [2.45, 2.75) is 39.2 Å². The number of nitrogens with zero attached hydrogens (tertiary/aromatic N) is 2. The Balaban J connectivity index is 2.46. The van der Waals surface area contributed by atoms with E-state index in [4.69, 9.17) is 0 Å². The smallest absolute Gasteiger partial charge is 0.113 e. The third kappa shape index (κ3) is 2.87. The summed E-state index contributed by atoms with van der Waals surface area (Å²) in [6.45, 7) is 4.40. The minimum absolute atomic E-state index is 0.382. The van der Waals surface area contributed by atoms with E-state index in [1.165, 1.54) is 11.3 Å². The number of para-hydroxylation sites is 1. The highest BCUT2D eigenvalue weighted by molar-refractivity contribution is 5.44. The number of aryl methyl sites for hydroxylation is 1. The van der Waals surface area contributed by atoms with Gasteiger partial charge in [-0.3, -0.25) is 0 Å². The summed E-state index contributed by atoms with van der Waals surface area (Å²) >= 11 is 0. The number of nitrogens with one attached hydrogen (secondary N) is 1. The average Bonchev–Trinajstić information content (AvgIpc) is 2.89. The van der Waals surface area contributed by atoms with E-state index in [1.54, 1.807) is 0 Å². The molecule has 0 aliphatic carbocycles. The first-order valence-corrected chi connectivity index (χ1v) is 7.10. The van der Waals surface area contributed by atoms with Crippen LogP contribution in [0.15, 0.2) is 36.7 Å². The second-order valence-corrected chi connectivity index (χ2v) is 4.77. The standard InChI is InChI=1S/C16H23N3/c1-4-8-16-18-11-12-19(16)15-10-7-6-9-13(15)14(5-2)17-3/h6-7,9-12,14,17H,4-5,8H2,1-3H3. The van der Waals surface area contributed by atoms with E-state index in [9.17, 15) is 0 Å². The number of aromatic nitrogens is 2. The highest BCUT2D eigenvalue weighted by Gasteiger charge is 2.14. The number of hydrogen-bond donors (Lipinski definition) is 1. The molecule has 19 heavy (non-hydrogen) atoms. The fourth-order valence-electron chi connectivity index (χ4n) is 2.54. The normalized spacial score (nSPS) is 12.6. The van der Waals surface area contributed by atoms with Crippen molar-refractivity contribution in [3.63, 3.8) is 0 Å². The zero-order valence-electron chi connectivity index (χ0n) is 12.1. The van der Waals surface area contributed by atoms with E-state index >= 15 is 0 Å². The summed E-state index contributed by atoms with van der Waals surface area (Å²) in [5, 5.41) is 3.39. The summed E-state index contributed by atoms with van der Waals surface area (Å²) in [4.78, 5) is 4.48. The van der Waals surface area contributed by atoms with Crippen LogP contribution in [0.1, 0.15) is 44.1 Å². The summed E-state index contributed by atoms with van der Waals surface area (Å²) in [5.41, 5.74) is 2.58. The molecule has 3 heteroatoms. The monoisotopic (exact) mass is 257 g/mol. The van der Waals surface area contributed by atoms with E-state index in [-0.39, 0.29) is 0 Å². The van der Waals surface area contributed by atoms with Gasteiger partial charge in [0.25, 0.3) is 0 Å². The van der Waals surface area contributed by atoms with Crippen molar-refractivity contribution < 1.29 is 0 Å². The van der Waals surface area contributed by atoms with Gasteiger partial charge in [-0.25, -0.2) is 4.98 Å². The summed E-state index contributed by atoms with van der Waals surface area (Å²) in [6.07, 6.45) is 7.15. The highest BCUT2D eigenvalue weighted by atomic mass is 15.1. The third-order valence-electron chi connectivity index (χ3n) is 3.52. The van der Waals surface area contributed by atoms with Crippen LogP contribution in [0, 0.1) is 0 Å². The molecule has 2 rings (SSSR count). The Labute approximate surface area is 115 Å². The van der Waals surface area contributed by atoms with Crippen molar-refractivity contribution in [1.82, 2.24) is 14.9 Å². The van der Waals surface area contributed by atoms with Gasteiger partial charge in [-0.2, -0.15) is 0 Å². The highest BCUT2D eigenvalue weighted by Crippen LogP contribution is 2.24. The Morgan fingerprint density at radius 2 is 2.05 bits per heavy atom. The maximum atomic E-state index is 4.48. The Morgan fingerprint density at radius 1 is 1.26 bits per heavy atom. The molecular formula is C16H23N3. The van der Waals surface area contributed by atoms with Gasteiger partial charge in [-0.1, -0.05) is 32.0 Å². The van der Waals surface area contributed by atoms with Gasteiger partial charge in [-0.15, -0.1) is 0 Å². The lowest BCUT2D eigenvalue weighted by Gasteiger charge is -2.20. The summed E-state index contributed by atoms with van der Waals surface area (Å²) in [7, 11) is 2.02. The third-order valence-corrected chi connectivity index (χ3v) is 3.52. The lowest BCUT2D eigenvalue weighted by Crippen LogP contribution is -2.17. The Morgan fingerprint density at radius 3 is 2.74 bits per heavy atom. The molecule has 0 saturated carbocycles. The predicted molar refractivity (Wildman–Crippen MR) is 79.7 cm³/mol. The topological polar surface area (TPSA) is 29.9 Å². The molecule has 0 aliphatic rings. The first-order valence-electron chi connectivity index (χ1n) is 7.10. The van der Waals surface area contributed by atoms with E-state index in [0.29, 0.717) is 6.04 Å². The van der Waals surface area contributed by atoms with Gasteiger partial charge in [-0.05, 0) is 31.5 Å². The van der Waals surface area contributed by atoms with E-state index in [2.05, 4.69) is 59.2 Å². The van der Waals surface area contributed by atoms with Crippen LogP contribution < -0.4 is 5.32 Å². The molecule has 2 aromatic rings. The van der Waals surface area contributed by atoms with Crippen LogP contribution in [0.5, 0.6) is 0 Å². The van der Waals surface area contributed by atoms with Gasteiger partial charge in [0.1, 0.15) is 5.82 Å². The number of hydrogen-bond acceptors (Lipinski definition) is 2. The number of benzene rings is 1. The molecule has 1 unspecified atom stereocenters. The molecule has 102 valence electrons. The molecule has 0 saturated heterocycles. The molecule has 0 radical (unpaired) electrons. The van der Waals surface area contributed by atoms with Gasteiger partial charge in [0.05, 0.1) is 5.69 Å². The van der Waals surface area contributed by atoms with Gasteiger partial charge >= 0.3 is 0 Å². The maximum Gasteiger partial charge on any atom is 0.113 e. The van der Waals surface area contributed by atoms with Gasteiger partial charge < -0.3 is 9.88 Å². The van der Waals surface area contributed by atoms with Crippen molar-refractivity contribution in [2.75, 3.05) is 7.05 Å². The number of rotatable bonds is 6. The van der Waals surface area contributed by atoms with Gasteiger partial charge in [0.2, 0.25) is 0 Å². The van der Waals surface area contributed by atoms with Crippen LogP contribution in [-0.2, 0) is 6.42 Å². The predicted octanol–water partition coefficient (Wildman–Crippen LogP) is 3.50. The molecule has 1 aromatic heterocycles. The van der Waals surface area contributed by atoms with E-state index in [0.717, 1.165) is 25.1 Å². The van der Waals surface area contributed by atoms with Crippen molar-refractivity contribution in [3.8, 4) is 5.69 Å². The van der Waals surface area contributed by atoms with Gasteiger partial charge in [0.15, 0.2) is 0 Å². The SMILES string of the molecule is CCCc1nccn1-c1ccccc1C(CC)NC. The molecule has 1 heterocycles. The molecule has 1 aromatic carbocycles. The zero-order valence-corrected chi connectivity index (χ0v) is 12.1. The van der Waals surface area contributed by atoms with Crippen LogP contribution >= 0.6 is 0 Å². The molecule has 0 fully saturated rings. The van der Waals surface area contributed by atoms with Crippen LogP contribution in [-0.4, -0.2) is 16.6 Å². The van der Waals surface area contributed by atoms with E-state index in [1.807, 2.05) is 13.2 Å². The molecule has 0 bridgehead atoms. The quantitative estimate of drug-likeness (QED) is 0.858. The Kier molecular flexibility index (Phi) is 4.74. The number of imidazole rings is 1. The fourth-order valence-corrected chi connectivity index (χ4v) is 2.54. The van der Waals surface area contributed by atoms with Crippen LogP contribution in [0.4, 0.5) is 0 Å². The van der Waals surface area contributed by atoms with Crippen molar-refractivity contribution >= 4 is 0 Å². The van der Waals surface area contributed by atoms with Crippen molar-refractivity contribution in [2.24, 2.45) is 0 Å². The fraction of sp³-hybridized carbons (Fsp3) is 0.438. The lowest BCUT2D eigenvalue weighted by molar-refractivity contribution is 0.573. The van der Waals surface area contributed by atoms with Crippen LogP contribution in [0.25, 0.3) is 5.69 Å².